The van der Waals surface area contributed by atoms with E-state index in [0.29, 0.717) is 18.1 Å². The molecule has 0 aliphatic heterocycles. The summed E-state index contributed by atoms with van der Waals surface area (Å²) in [4.78, 5) is 10.3. The molecule has 0 saturated heterocycles. The van der Waals surface area contributed by atoms with Crippen molar-refractivity contribution in [1.29, 1.82) is 0 Å². The molecule has 0 heterocycles. The van der Waals surface area contributed by atoms with Crippen molar-refractivity contribution < 1.29 is 4.92 Å². The van der Waals surface area contributed by atoms with Gasteiger partial charge in [0.25, 0.3) is 5.69 Å². The van der Waals surface area contributed by atoms with Gasteiger partial charge in [-0.1, -0.05) is 60.1 Å². The van der Waals surface area contributed by atoms with Crippen molar-refractivity contribution >= 4 is 39.4 Å². The Kier molecular flexibility index (Phi) is 5.82. The van der Waals surface area contributed by atoms with Crippen LogP contribution in [0.2, 0.25) is 5.02 Å². The van der Waals surface area contributed by atoms with Gasteiger partial charge in [-0.25, -0.2) is 0 Å². The van der Waals surface area contributed by atoms with E-state index in [1.165, 1.54) is 28.5 Å². The Labute approximate surface area is 179 Å². The second-order valence-corrected chi connectivity index (χ2v) is 7.41. The lowest BCUT2D eigenvalue weighted by Gasteiger charge is -2.12. The first kappa shape index (κ1) is 19.7. The summed E-state index contributed by atoms with van der Waals surface area (Å²) in [6.45, 7) is 1.23. The number of anilines is 2. The molecule has 0 atom stereocenters. The van der Waals surface area contributed by atoms with Crippen LogP contribution in [0.3, 0.4) is 0 Å². The van der Waals surface area contributed by atoms with Crippen LogP contribution >= 0.6 is 11.6 Å². The summed E-state index contributed by atoms with van der Waals surface area (Å²) in [6.07, 6.45) is 0. The molecule has 4 rings (SSSR count). The van der Waals surface area contributed by atoms with Crippen LogP contribution in [0, 0.1) is 10.1 Å². The summed E-state index contributed by atoms with van der Waals surface area (Å²) >= 11 is 6.43. The van der Waals surface area contributed by atoms with Crippen molar-refractivity contribution in [3.05, 3.63) is 111 Å². The van der Waals surface area contributed by atoms with Crippen LogP contribution in [0.1, 0.15) is 11.1 Å². The van der Waals surface area contributed by atoms with Gasteiger partial charge in [0, 0.05) is 30.9 Å². The zero-order valence-electron chi connectivity index (χ0n) is 16.1. The molecule has 0 aromatic heterocycles. The molecule has 4 aromatic carbocycles. The van der Waals surface area contributed by atoms with E-state index in [1.807, 2.05) is 30.3 Å². The lowest BCUT2D eigenvalue weighted by atomic mass is 10.1. The molecule has 0 bridgehead atoms. The zero-order chi connectivity index (χ0) is 20.9. The molecule has 150 valence electrons. The standard InChI is InChI=1S/C24H20ClN3O2/c25-23-14-21(26-16-18-5-8-19-3-1-2-4-20(19)13-18)9-12-24(23)27-15-17-6-10-22(11-7-17)28(29)30/h1-14,26-27H,15-16H2. The van der Waals surface area contributed by atoms with Crippen molar-refractivity contribution in [3.8, 4) is 0 Å². The molecule has 0 radical (unpaired) electrons. The number of fused-ring (bicyclic) bond motifs is 1. The zero-order valence-corrected chi connectivity index (χ0v) is 16.9. The van der Waals surface area contributed by atoms with Crippen LogP contribution < -0.4 is 10.6 Å². The lowest BCUT2D eigenvalue weighted by Crippen LogP contribution is -2.02. The SMILES string of the molecule is O=[N+]([O-])c1ccc(CNc2ccc(NCc3ccc4ccccc4c3)cc2Cl)cc1. The third kappa shape index (κ3) is 4.70. The van der Waals surface area contributed by atoms with Gasteiger partial charge in [-0.15, -0.1) is 0 Å². The number of hydrogen-bond acceptors (Lipinski definition) is 4. The van der Waals surface area contributed by atoms with Crippen LogP contribution in [-0.2, 0) is 13.1 Å². The molecule has 4 aromatic rings. The average Bonchev–Trinajstić information content (AvgIpc) is 2.77. The topological polar surface area (TPSA) is 67.2 Å². The van der Waals surface area contributed by atoms with Gasteiger partial charge in [-0.3, -0.25) is 10.1 Å². The lowest BCUT2D eigenvalue weighted by molar-refractivity contribution is -0.384. The Balaban J connectivity index is 1.36. The van der Waals surface area contributed by atoms with Gasteiger partial charge < -0.3 is 10.6 Å². The number of nitrogens with one attached hydrogen (secondary N) is 2. The summed E-state index contributed by atoms with van der Waals surface area (Å²) in [5, 5.41) is 20.5. The van der Waals surface area contributed by atoms with Crippen molar-refractivity contribution in [2.75, 3.05) is 10.6 Å². The Hall–Kier alpha value is -3.57. The number of rotatable bonds is 7. The van der Waals surface area contributed by atoms with Gasteiger partial charge in [-0.05, 0) is 46.2 Å². The maximum Gasteiger partial charge on any atom is 0.269 e. The molecule has 5 nitrogen and oxygen atoms in total. The van der Waals surface area contributed by atoms with Gasteiger partial charge in [0.1, 0.15) is 0 Å². The molecule has 0 spiro atoms. The maximum atomic E-state index is 10.7. The summed E-state index contributed by atoms with van der Waals surface area (Å²) in [5.74, 6) is 0. The monoisotopic (exact) mass is 417 g/mol. The largest absolute Gasteiger partial charge is 0.381 e. The maximum absolute atomic E-state index is 10.7. The normalized spacial score (nSPS) is 10.7. The summed E-state index contributed by atoms with van der Waals surface area (Å²) in [5.41, 5.74) is 3.97. The fraction of sp³-hybridized carbons (Fsp3) is 0.0833. The number of hydrogen-bond donors (Lipinski definition) is 2. The summed E-state index contributed by atoms with van der Waals surface area (Å²) < 4.78 is 0. The van der Waals surface area contributed by atoms with E-state index < -0.39 is 4.92 Å². The molecular formula is C24H20ClN3O2. The van der Waals surface area contributed by atoms with E-state index >= 15 is 0 Å². The fourth-order valence-corrected chi connectivity index (χ4v) is 3.50. The fourth-order valence-electron chi connectivity index (χ4n) is 3.25. The van der Waals surface area contributed by atoms with Crippen LogP contribution in [0.15, 0.2) is 84.9 Å². The first-order valence-corrected chi connectivity index (χ1v) is 9.94. The van der Waals surface area contributed by atoms with Gasteiger partial charge in [0.2, 0.25) is 0 Å². The van der Waals surface area contributed by atoms with Gasteiger partial charge in [-0.2, -0.15) is 0 Å². The minimum atomic E-state index is -0.405. The third-order valence-corrected chi connectivity index (χ3v) is 5.22. The summed E-state index contributed by atoms with van der Waals surface area (Å²) in [7, 11) is 0. The Morgan fingerprint density at radius 2 is 1.47 bits per heavy atom. The highest BCUT2D eigenvalue weighted by Gasteiger charge is 2.06. The highest BCUT2D eigenvalue weighted by Crippen LogP contribution is 2.27. The molecule has 0 aliphatic carbocycles. The highest BCUT2D eigenvalue weighted by molar-refractivity contribution is 6.33. The quantitative estimate of drug-likeness (QED) is 0.261. The van der Waals surface area contributed by atoms with Crippen molar-refractivity contribution in [2.24, 2.45) is 0 Å². The van der Waals surface area contributed by atoms with E-state index in [2.05, 4.69) is 41.0 Å². The van der Waals surface area contributed by atoms with Gasteiger partial charge >= 0.3 is 0 Å². The Morgan fingerprint density at radius 1 is 0.767 bits per heavy atom. The van der Waals surface area contributed by atoms with E-state index in [-0.39, 0.29) is 5.69 Å². The third-order valence-electron chi connectivity index (χ3n) is 4.91. The van der Waals surface area contributed by atoms with Crippen LogP contribution in [0.5, 0.6) is 0 Å². The number of nitro benzene ring substituents is 1. The predicted octanol–water partition coefficient (Wildman–Crippen LogP) is 6.63. The summed E-state index contributed by atoms with van der Waals surface area (Å²) in [6, 6.07) is 27.0. The second-order valence-electron chi connectivity index (χ2n) is 7.01. The number of nitrogens with zero attached hydrogens (tertiary/aromatic N) is 1. The molecule has 6 heteroatoms. The number of nitro groups is 1. The van der Waals surface area contributed by atoms with Gasteiger partial charge in [0.15, 0.2) is 0 Å². The van der Waals surface area contributed by atoms with Gasteiger partial charge in [0.05, 0.1) is 15.6 Å². The smallest absolute Gasteiger partial charge is 0.269 e. The minimum Gasteiger partial charge on any atom is -0.381 e. The van der Waals surface area contributed by atoms with Crippen LogP contribution in [0.25, 0.3) is 10.8 Å². The van der Waals surface area contributed by atoms with E-state index in [1.54, 1.807) is 12.1 Å². The Morgan fingerprint density at radius 3 is 2.20 bits per heavy atom. The molecule has 0 saturated carbocycles. The van der Waals surface area contributed by atoms with Crippen LogP contribution in [0.4, 0.5) is 17.1 Å². The number of halogens is 1. The van der Waals surface area contributed by atoms with E-state index in [0.717, 1.165) is 16.9 Å². The first-order chi connectivity index (χ1) is 14.6. The average molecular weight is 418 g/mol. The van der Waals surface area contributed by atoms with E-state index in [9.17, 15) is 10.1 Å². The molecule has 0 fully saturated rings. The van der Waals surface area contributed by atoms with Crippen molar-refractivity contribution in [2.45, 2.75) is 13.1 Å². The first-order valence-electron chi connectivity index (χ1n) is 9.57. The van der Waals surface area contributed by atoms with Crippen molar-refractivity contribution in [1.82, 2.24) is 0 Å². The Bertz CT molecular complexity index is 1190. The molecule has 2 N–H and O–H groups in total. The molecular weight excluding hydrogens is 398 g/mol. The number of non-ortho nitro benzene ring substituents is 1. The van der Waals surface area contributed by atoms with E-state index in [4.69, 9.17) is 11.6 Å². The highest BCUT2D eigenvalue weighted by atomic mass is 35.5. The van der Waals surface area contributed by atoms with Crippen LogP contribution in [-0.4, -0.2) is 4.92 Å². The predicted molar refractivity (Wildman–Crippen MR) is 123 cm³/mol. The number of benzene rings is 4. The minimum absolute atomic E-state index is 0.0821. The molecule has 0 amide bonds. The molecule has 0 aliphatic rings. The second kappa shape index (κ2) is 8.84. The van der Waals surface area contributed by atoms with Crippen molar-refractivity contribution in [3.63, 3.8) is 0 Å². The molecule has 30 heavy (non-hydrogen) atoms. The molecule has 0 unspecified atom stereocenters.